The van der Waals surface area contributed by atoms with Crippen molar-refractivity contribution in [2.24, 2.45) is 0 Å². The molecule has 1 aromatic carbocycles. The molecule has 112 valence electrons. The first-order valence-corrected chi connectivity index (χ1v) is 6.54. The Balaban J connectivity index is 2.68. The minimum absolute atomic E-state index is 0.0307. The molecule has 0 aliphatic carbocycles. The van der Waals surface area contributed by atoms with Gasteiger partial charge < -0.3 is 14.6 Å². The van der Waals surface area contributed by atoms with Gasteiger partial charge in [0.15, 0.2) is 0 Å². The van der Waals surface area contributed by atoms with Crippen molar-refractivity contribution >= 4 is 5.97 Å². The predicted octanol–water partition coefficient (Wildman–Crippen LogP) is 2.71. The van der Waals surface area contributed by atoms with Gasteiger partial charge in [-0.05, 0) is 18.1 Å². The fourth-order valence-electron chi connectivity index (χ4n) is 2.13. The average Bonchev–Trinajstić information content (AvgIpc) is 2.87. The molecular weight excluding hydrogens is 272 g/mol. The second-order valence-corrected chi connectivity index (χ2v) is 4.84. The molecule has 0 aliphatic heterocycles. The van der Waals surface area contributed by atoms with E-state index in [1.54, 1.807) is 19.2 Å². The number of hydrogen-bond donors (Lipinski definition) is 1. The Morgan fingerprint density at radius 3 is 2.52 bits per heavy atom. The molecule has 6 nitrogen and oxygen atoms in total. The molecular formula is C15H18N2O4. The van der Waals surface area contributed by atoms with Gasteiger partial charge in [0.25, 0.3) is 0 Å². The number of nitrogens with zero attached hydrogens (tertiary/aromatic N) is 2. The predicted molar refractivity (Wildman–Crippen MR) is 77.7 cm³/mol. The summed E-state index contributed by atoms with van der Waals surface area (Å²) in [6.45, 7) is 3.79. The number of aromatic nitrogens is 2. The van der Waals surface area contributed by atoms with Gasteiger partial charge >= 0.3 is 5.97 Å². The van der Waals surface area contributed by atoms with E-state index in [1.807, 2.05) is 26.0 Å². The van der Waals surface area contributed by atoms with Crippen molar-refractivity contribution in [3.8, 4) is 17.3 Å². The third-order valence-electron chi connectivity index (χ3n) is 3.12. The summed E-state index contributed by atoms with van der Waals surface area (Å²) in [5, 5.41) is 13.8. The lowest BCUT2D eigenvalue weighted by molar-refractivity contribution is 0.0691. The molecule has 1 N–H and O–H groups in total. The van der Waals surface area contributed by atoms with E-state index >= 15 is 0 Å². The van der Waals surface area contributed by atoms with Gasteiger partial charge in [-0.2, -0.15) is 9.78 Å². The molecule has 0 spiro atoms. The van der Waals surface area contributed by atoms with Crippen molar-refractivity contribution in [1.29, 1.82) is 0 Å². The molecule has 1 heterocycles. The molecule has 0 bridgehead atoms. The topological polar surface area (TPSA) is 73.6 Å². The zero-order chi connectivity index (χ0) is 15.6. The molecule has 2 rings (SSSR count). The summed E-state index contributed by atoms with van der Waals surface area (Å²) in [6, 6.07) is 7.20. The van der Waals surface area contributed by atoms with Gasteiger partial charge in [-0.15, -0.1) is 0 Å². The van der Waals surface area contributed by atoms with Crippen molar-refractivity contribution in [1.82, 2.24) is 9.78 Å². The van der Waals surface area contributed by atoms with Gasteiger partial charge in [-0.1, -0.05) is 19.9 Å². The first-order chi connectivity index (χ1) is 9.99. The first kappa shape index (κ1) is 14.9. The van der Waals surface area contributed by atoms with E-state index in [0.29, 0.717) is 17.1 Å². The number of carboxylic acid groups (broad SMARTS) is 1. The van der Waals surface area contributed by atoms with Crippen molar-refractivity contribution in [2.75, 3.05) is 14.2 Å². The molecule has 6 heteroatoms. The molecule has 1 aromatic heterocycles. The quantitative estimate of drug-likeness (QED) is 0.916. The highest BCUT2D eigenvalue weighted by Gasteiger charge is 2.26. The first-order valence-electron chi connectivity index (χ1n) is 6.54. The van der Waals surface area contributed by atoms with E-state index in [1.165, 1.54) is 11.8 Å². The van der Waals surface area contributed by atoms with Gasteiger partial charge in [0.05, 0.1) is 25.6 Å². The van der Waals surface area contributed by atoms with Crippen LogP contribution in [0.25, 0.3) is 5.69 Å². The third-order valence-corrected chi connectivity index (χ3v) is 3.12. The van der Waals surface area contributed by atoms with Gasteiger partial charge in [0.2, 0.25) is 5.88 Å². The molecule has 0 amide bonds. The van der Waals surface area contributed by atoms with E-state index < -0.39 is 5.97 Å². The maximum absolute atomic E-state index is 11.5. The van der Waals surface area contributed by atoms with Crippen LogP contribution in [0.3, 0.4) is 0 Å². The summed E-state index contributed by atoms with van der Waals surface area (Å²) in [5.41, 5.74) is 1.26. The Morgan fingerprint density at radius 1 is 1.29 bits per heavy atom. The van der Waals surface area contributed by atoms with Crippen molar-refractivity contribution < 1.29 is 19.4 Å². The molecule has 21 heavy (non-hydrogen) atoms. The molecule has 0 radical (unpaired) electrons. The largest absolute Gasteiger partial charge is 0.497 e. The fourth-order valence-corrected chi connectivity index (χ4v) is 2.13. The van der Waals surface area contributed by atoms with Crippen LogP contribution in [0.15, 0.2) is 24.3 Å². The zero-order valence-corrected chi connectivity index (χ0v) is 12.5. The third kappa shape index (κ3) is 2.69. The number of methoxy groups -OCH3 is 2. The van der Waals surface area contributed by atoms with Gasteiger partial charge in [-0.3, -0.25) is 0 Å². The summed E-state index contributed by atoms with van der Waals surface area (Å²) in [6.07, 6.45) is 0. The zero-order valence-electron chi connectivity index (χ0n) is 12.5. The highest BCUT2D eigenvalue weighted by atomic mass is 16.5. The molecule has 2 aromatic rings. The lowest BCUT2D eigenvalue weighted by Crippen LogP contribution is -2.04. The lowest BCUT2D eigenvalue weighted by Gasteiger charge is -2.08. The van der Waals surface area contributed by atoms with Crippen LogP contribution in [0.5, 0.6) is 11.6 Å². The lowest BCUT2D eigenvalue weighted by atomic mass is 10.1. The van der Waals surface area contributed by atoms with Crippen molar-refractivity contribution in [3.05, 3.63) is 35.5 Å². The van der Waals surface area contributed by atoms with Gasteiger partial charge in [-0.25, -0.2) is 4.79 Å². The summed E-state index contributed by atoms with van der Waals surface area (Å²) in [7, 11) is 3.01. The van der Waals surface area contributed by atoms with Crippen LogP contribution in [0, 0.1) is 0 Å². The highest BCUT2D eigenvalue weighted by Crippen LogP contribution is 2.31. The molecule has 0 fully saturated rings. The van der Waals surface area contributed by atoms with Crippen LogP contribution < -0.4 is 9.47 Å². The number of rotatable bonds is 5. The van der Waals surface area contributed by atoms with Crippen molar-refractivity contribution in [3.63, 3.8) is 0 Å². The molecule has 0 atom stereocenters. The summed E-state index contributed by atoms with van der Waals surface area (Å²) in [4.78, 5) is 11.5. The number of carbonyl (C=O) groups is 1. The number of ether oxygens (including phenoxy) is 2. The smallest absolute Gasteiger partial charge is 0.343 e. The number of aromatic carboxylic acids is 1. The van der Waals surface area contributed by atoms with Crippen LogP contribution in [0.4, 0.5) is 0 Å². The fraction of sp³-hybridized carbons (Fsp3) is 0.333. The molecule has 0 unspecified atom stereocenters. The second-order valence-electron chi connectivity index (χ2n) is 4.84. The summed E-state index contributed by atoms with van der Waals surface area (Å²) >= 11 is 0. The van der Waals surface area contributed by atoms with E-state index in [-0.39, 0.29) is 17.4 Å². The number of hydrogen-bond acceptors (Lipinski definition) is 4. The maximum Gasteiger partial charge on any atom is 0.343 e. The normalized spacial score (nSPS) is 10.7. The van der Waals surface area contributed by atoms with E-state index in [0.717, 1.165) is 0 Å². The van der Waals surface area contributed by atoms with Crippen LogP contribution in [-0.4, -0.2) is 35.1 Å². The van der Waals surface area contributed by atoms with Crippen LogP contribution in [0.1, 0.15) is 35.8 Å². The van der Waals surface area contributed by atoms with Gasteiger partial charge in [0.1, 0.15) is 11.3 Å². The summed E-state index contributed by atoms with van der Waals surface area (Å²) in [5.74, 6) is -0.214. The van der Waals surface area contributed by atoms with E-state index in [4.69, 9.17) is 9.47 Å². The second kappa shape index (κ2) is 5.87. The Morgan fingerprint density at radius 2 is 2.00 bits per heavy atom. The Kier molecular flexibility index (Phi) is 4.16. The maximum atomic E-state index is 11.5. The van der Waals surface area contributed by atoms with Crippen LogP contribution >= 0.6 is 0 Å². The van der Waals surface area contributed by atoms with Gasteiger partial charge in [0, 0.05) is 6.07 Å². The Hall–Kier alpha value is -2.50. The highest BCUT2D eigenvalue weighted by molar-refractivity contribution is 5.92. The minimum Gasteiger partial charge on any atom is -0.497 e. The molecule has 0 saturated heterocycles. The Bertz CT molecular complexity index is 662. The monoisotopic (exact) mass is 290 g/mol. The van der Waals surface area contributed by atoms with Crippen LogP contribution in [-0.2, 0) is 0 Å². The SMILES string of the molecule is COc1cccc(-n2nc(C(C)C)c(C(=O)O)c2OC)c1. The van der Waals surface area contributed by atoms with E-state index in [2.05, 4.69) is 5.10 Å². The molecule has 0 saturated carbocycles. The van der Waals surface area contributed by atoms with E-state index in [9.17, 15) is 9.90 Å². The summed E-state index contributed by atoms with van der Waals surface area (Å²) < 4.78 is 11.9. The Labute approximate surface area is 122 Å². The van der Waals surface area contributed by atoms with Crippen molar-refractivity contribution in [2.45, 2.75) is 19.8 Å². The number of carboxylic acids is 1. The standard InChI is InChI=1S/C15H18N2O4/c1-9(2)13-12(15(18)19)14(21-4)17(16-13)10-6-5-7-11(8-10)20-3/h5-9H,1-4H3,(H,18,19). The average molecular weight is 290 g/mol. The minimum atomic E-state index is -1.05. The van der Waals surface area contributed by atoms with Crippen LogP contribution in [0.2, 0.25) is 0 Å². The number of benzene rings is 1. The molecule has 0 aliphatic rings.